The molecule has 1 fully saturated rings. The zero-order valence-corrected chi connectivity index (χ0v) is 13.1. The van der Waals surface area contributed by atoms with E-state index in [9.17, 15) is 0 Å². The summed E-state index contributed by atoms with van der Waals surface area (Å²) in [4.78, 5) is 2.19. The molecule has 2 aromatic rings. The fourth-order valence-electron chi connectivity index (χ4n) is 3.03. The van der Waals surface area contributed by atoms with Gasteiger partial charge in [-0.1, -0.05) is 36.4 Å². The Labute approximate surface area is 132 Å². The number of nitrogens with zero attached hydrogens (tertiary/aromatic N) is 1. The molecular weight excluding hydrogens is 274 g/mol. The fourth-order valence-corrected chi connectivity index (χ4v) is 3.03. The second-order valence-electron chi connectivity index (χ2n) is 5.46. The van der Waals surface area contributed by atoms with Gasteiger partial charge < -0.3 is 9.47 Å². The summed E-state index contributed by atoms with van der Waals surface area (Å²) in [5, 5.41) is 0. The fraction of sp³-hybridized carbons (Fsp3) is 0.368. The van der Waals surface area contributed by atoms with Crippen molar-refractivity contribution in [3.8, 4) is 0 Å². The van der Waals surface area contributed by atoms with Gasteiger partial charge in [-0.2, -0.15) is 0 Å². The molecule has 1 aliphatic rings. The third-order valence-corrected chi connectivity index (χ3v) is 3.95. The molecule has 0 spiro atoms. The third-order valence-electron chi connectivity index (χ3n) is 3.95. The molecular formula is C19H23NO2. The molecule has 0 amide bonds. The first-order chi connectivity index (χ1) is 10.9. The lowest BCUT2D eigenvalue weighted by Gasteiger charge is -2.46. The molecule has 1 aliphatic heterocycles. The smallest absolute Gasteiger partial charge is 0.256 e. The maximum atomic E-state index is 6.18. The molecule has 0 radical (unpaired) electrons. The number of anilines is 2. The standard InChI is InChI=1S/C19H23NO2/c1-2-21-19(15-9-10-16-22-19)20(17-11-5-3-6-12-17)18-13-7-4-8-14-18/h3-8,11-14H,2,9-10,15-16H2,1H3. The van der Waals surface area contributed by atoms with E-state index in [4.69, 9.17) is 9.47 Å². The molecule has 1 unspecified atom stereocenters. The van der Waals surface area contributed by atoms with Gasteiger partial charge in [0.05, 0.1) is 6.61 Å². The highest BCUT2D eigenvalue weighted by Gasteiger charge is 2.41. The van der Waals surface area contributed by atoms with Gasteiger partial charge in [0, 0.05) is 24.4 Å². The predicted molar refractivity (Wildman–Crippen MR) is 89.2 cm³/mol. The first-order valence-electron chi connectivity index (χ1n) is 8.04. The van der Waals surface area contributed by atoms with Crippen molar-refractivity contribution < 1.29 is 9.47 Å². The maximum Gasteiger partial charge on any atom is 0.256 e. The molecule has 116 valence electrons. The highest BCUT2D eigenvalue weighted by Crippen LogP contribution is 2.39. The van der Waals surface area contributed by atoms with Crippen LogP contribution in [-0.2, 0) is 9.47 Å². The van der Waals surface area contributed by atoms with Crippen molar-refractivity contribution in [2.75, 3.05) is 18.1 Å². The SMILES string of the molecule is CCOC1(N(c2ccccc2)c2ccccc2)CCCCO1. The zero-order chi connectivity index (χ0) is 15.3. The summed E-state index contributed by atoms with van der Waals surface area (Å²) in [5.74, 6) is -0.713. The van der Waals surface area contributed by atoms with Gasteiger partial charge in [0.25, 0.3) is 5.91 Å². The van der Waals surface area contributed by atoms with E-state index in [2.05, 4.69) is 29.2 Å². The number of ether oxygens (including phenoxy) is 2. The van der Waals surface area contributed by atoms with Crippen molar-refractivity contribution in [1.29, 1.82) is 0 Å². The van der Waals surface area contributed by atoms with Gasteiger partial charge in [0.2, 0.25) is 0 Å². The molecule has 0 saturated carbocycles. The molecule has 3 rings (SSSR count). The maximum absolute atomic E-state index is 6.18. The van der Waals surface area contributed by atoms with E-state index in [1.807, 2.05) is 43.3 Å². The van der Waals surface area contributed by atoms with Crippen LogP contribution in [0.25, 0.3) is 0 Å². The van der Waals surface area contributed by atoms with Crippen LogP contribution < -0.4 is 4.90 Å². The number of benzene rings is 2. The van der Waals surface area contributed by atoms with Crippen molar-refractivity contribution >= 4 is 11.4 Å². The number of rotatable bonds is 5. The molecule has 0 N–H and O–H groups in total. The molecule has 0 aliphatic carbocycles. The lowest BCUT2D eigenvalue weighted by molar-refractivity contribution is -0.248. The van der Waals surface area contributed by atoms with Crippen LogP contribution in [0.1, 0.15) is 26.2 Å². The Kier molecular flexibility index (Phi) is 4.76. The quantitative estimate of drug-likeness (QED) is 0.746. The summed E-state index contributed by atoms with van der Waals surface area (Å²) in [6.45, 7) is 3.38. The molecule has 3 nitrogen and oxygen atoms in total. The minimum absolute atomic E-state index is 0.621. The van der Waals surface area contributed by atoms with E-state index in [0.29, 0.717) is 6.61 Å². The van der Waals surface area contributed by atoms with Crippen molar-refractivity contribution in [3.63, 3.8) is 0 Å². The largest absolute Gasteiger partial charge is 0.333 e. The summed E-state index contributed by atoms with van der Waals surface area (Å²) < 4.78 is 12.3. The van der Waals surface area contributed by atoms with Crippen LogP contribution in [0.3, 0.4) is 0 Å². The van der Waals surface area contributed by atoms with Crippen molar-refractivity contribution in [3.05, 3.63) is 60.7 Å². The molecule has 0 aromatic heterocycles. The monoisotopic (exact) mass is 297 g/mol. The molecule has 1 atom stereocenters. The lowest BCUT2D eigenvalue weighted by Crippen LogP contribution is -2.52. The summed E-state index contributed by atoms with van der Waals surface area (Å²) in [6.07, 6.45) is 3.06. The van der Waals surface area contributed by atoms with E-state index in [0.717, 1.165) is 37.2 Å². The van der Waals surface area contributed by atoms with Crippen molar-refractivity contribution in [2.45, 2.75) is 32.1 Å². The summed E-state index contributed by atoms with van der Waals surface area (Å²) in [7, 11) is 0. The number of para-hydroxylation sites is 2. The first kappa shape index (κ1) is 15.1. The van der Waals surface area contributed by atoms with Crippen molar-refractivity contribution in [1.82, 2.24) is 0 Å². The minimum atomic E-state index is -0.713. The van der Waals surface area contributed by atoms with E-state index in [-0.39, 0.29) is 0 Å². The highest BCUT2D eigenvalue weighted by atomic mass is 16.7. The summed E-state index contributed by atoms with van der Waals surface area (Å²) >= 11 is 0. The van der Waals surface area contributed by atoms with E-state index < -0.39 is 5.91 Å². The van der Waals surface area contributed by atoms with Gasteiger partial charge in [-0.25, -0.2) is 0 Å². The van der Waals surface area contributed by atoms with Crippen LogP contribution in [-0.4, -0.2) is 19.1 Å². The second-order valence-corrected chi connectivity index (χ2v) is 5.46. The number of hydrogen-bond acceptors (Lipinski definition) is 3. The van der Waals surface area contributed by atoms with Crippen molar-refractivity contribution in [2.24, 2.45) is 0 Å². The van der Waals surface area contributed by atoms with Crippen LogP contribution in [0.2, 0.25) is 0 Å². The van der Waals surface area contributed by atoms with Gasteiger partial charge >= 0.3 is 0 Å². The zero-order valence-electron chi connectivity index (χ0n) is 13.1. The van der Waals surface area contributed by atoms with Crippen LogP contribution in [0.15, 0.2) is 60.7 Å². The van der Waals surface area contributed by atoms with E-state index >= 15 is 0 Å². The van der Waals surface area contributed by atoms with Gasteiger partial charge in [-0.05, 0) is 44.0 Å². The van der Waals surface area contributed by atoms with Crippen LogP contribution in [0, 0.1) is 0 Å². The molecule has 0 bridgehead atoms. The van der Waals surface area contributed by atoms with Gasteiger partial charge in [-0.15, -0.1) is 0 Å². The van der Waals surface area contributed by atoms with Gasteiger partial charge in [-0.3, -0.25) is 4.90 Å². The Balaban J connectivity index is 2.07. The average Bonchev–Trinajstić information content (AvgIpc) is 2.58. The minimum Gasteiger partial charge on any atom is -0.333 e. The normalized spacial score (nSPS) is 21.5. The first-order valence-corrected chi connectivity index (χ1v) is 8.04. The second kappa shape index (κ2) is 6.95. The predicted octanol–water partition coefficient (Wildman–Crippen LogP) is 4.72. The van der Waals surface area contributed by atoms with Crippen LogP contribution in [0.5, 0.6) is 0 Å². The Hall–Kier alpha value is -1.84. The summed E-state index contributed by atoms with van der Waals surface area (Å²) in [5.41, 5.74) is 2.17. The molecule has 3 heteroatoms. The Morgan fingerprint density at radius 2 is 1.55 bits per heavy atom. The van der Waals surface area contributed by atoms with Crippen LogP contribution >= 0.6 is 0 Å². The number of hydrogen-bond donors (Lipinski definition) is 0. The topological polar surface area (TPSA) is 21.7 Å². The summed E-state index contributed by atoms with van der Waals surface area (Å²) in [6, 6.07) is 20.7. The third kappa shape index (κ3) is 3.01. The Morgan fingerprint density at radius 3 is 2.00 bits per heavy atom. The lowest BCUT2D eigenvalue weighted by atomic mass is 10.1. The van der Waals surface area contributed by atoms with E-state index in [1.54, 1.807) is 0 Å². The Bertz CT molecular complexity index is 519. The average molecular weight is 297 g/mol. The highest BCUT2D eigenvalue weighted by molar-refractivity contribution is 5.64. The van der Waals surface area contributed by atoms with Gasteiger partial charge in [0.15, 0.2) is 0 Å². The molecule has 1 saturated heterocycles. The van der Waals surface area contributed by atoms with Gasteiger partial charge in [0.1, 0.15) is 0 Å². The molecule has 1 heterocycles. The van der Waals surface area contributed by atoms with E-state index in [1.165, 1.54) is 0 Å². The molecule has 2 aromatic carbocycles. The molecule has 22 heavy (non-hydrogen) atoms. The Morgan fingerprint density at radius 1 is 0.955 bits per heavy atom. The van der Waals surface area contributed by atoms with Crippen LogP contribution in [0.4, 0.5) is 11.4 Å².